The van der Waals surface area contributed by atoms with Crippen LogP contribution in [-0.2, 0) is 16.0 Å². The molecule has 108 valence electrons. The number of H-pyrrole nitrogens is 1. The first kappa shape index (κ1) is 14.2. The van der Waals surface area contributed by atoms with E-state index in [0.29, 0.717) is 17.0 Å². The van der Waals surface area contributed by atoms with Gasteiger partial charge in [-0.3, -0.25) is 4.79 Å². The highest BCUT2D eigenvalue weighted by Gasteiger charge is 2.37. The zero-order chi connectivity index (χ0) is 14.9. The number of amides is 1. The topological polar surface area (TPSA) is 112 Å². The molecule has 1 heterocycles. The summed E-state index contributed by atoms with van der Waals surface area (Å²) >= 11 is 0. The molecule has 1 amide bonds. The third-order valence-electron chi connectivity index (χ3n) is 3.47. The fraction of sp³-hybridized carbons (Fsp3) is 0.538. The highest BCUT2D eigenvalue weighted by Crippen LogP contribution is 2.32. The minimum absolute atomic E-state index is 0.0119. The van der Waals surface area contributed by atoms with Gasteiger partial charge in [0.1, 0.15) is 6.04 Å². The van der Waals surface area contributed by atoms with E-state index in [-0.39, 0.29) is 18.2 Å². The number of nitrogens with one attached hydrogen (secondary N) is 2. The van der Waals surface area contributed by atoms with Gasteiger partial charge in [-0.1, -0.05) is 0 Å². The second-order valence-electron chi connectivity index (χ2n) is 5.13. The zero-order valence-corrected chi connectivity index (χ0v) is 11.4. The van der Waals surface area contributed by atoms with Crippen molar-refractivity contribution in [2.75, 3.05) is 0 Å². The summed E-state index contributed by atoms with van der Waals surface area (Å²) in [5.74, 6) is -1.34. The van der Waals surface area contributed by atoms with Crippen molar-refractivity contribution in [1.82, 2.24) is 15.3 Å². The SMILES string of the molecule is Cc1nc(=O)[nH]c(C)c1CC(=O)NC(C(=O)O)C1CC1. The fourth-order valence-corrected chi connectivity index (χ4v) is 2.21. The van der Waals surface area contributed by atoms with Crippen LogP contribution in [0.1, 0.15) is 29.8 Å². The number of rotatable bonds is 5. The average Bonchev–Trinajstić information content (AvgIpc) is 3.14. The Morgan fingerprint density at radius 2 is 2.10 bits per heavy atom. The first-order valence-electron chi connectivity index (χ1n) is 6.47. The molecule has 0 aliphatic heterocycles. The molecule has 7 heteroatoms. The second-order valence-corrected chi connectivity index (χ2v) is 5.13. The fourth-order valence-electron chi connectivity index (χ4n) is 2.21. The van der Waals surface area contributed by atoms with Crippen molar-refractivity contribution in [1.29, 1.82) is 0 Å². The highest BCUT2D eigenvalue weighted by atomic mass is 16.4. The van der Waals surface area contributed by atoms with Crippen molar-refractivity contribution in [2.45, 2.75) is 39.2 Å². The van der Waals surface area contributed by atoms with Crippen molar-refractivity contribution in [3.8, 4) is 0 Å². The maximum Gasteiger partial charge on any atom is 0.345 e. The third-order valence-corrected chi connectivity index (χ3v) is 3.47. The van der Waals surface area contributed by atoms with Crippen LogP contribution in [0.2, 0.25) is 0 Å². The molecule has 1 aromatic rings. The van der Waals surface area contributed by atoms with Gasteiger partial charge in [-0.15, -0.1) is 0 Å². The number of aliphatic carboxylic acids is 1. The zero-order valence-electron chi connectivity index (χ0n) is 11.4. The van der Waals surface area contributed by atoms with E-state index in [1.54, 1.807) is 13.8 Å². The molecule has 0 radical (unpaired) electrons. The van der Waals surface area contributed by atoms with E-state index < -0.39 is 17.7 Å². The third kappa shape index (κ3) is 3.23. The monoisotopic (exact) mass is 279 g/mol. The summed E-state index contributed by atoms with van der Waals surface area (Å²) in [7, 11) is 0. The second kappa shape index (κ2) is 5.44. The molecule has 1 aliphatic rings. The Kier molecular flexibility index (Phi) is 3.87. The maximum atomic E-state index is 12.0. The number of nitrogens with zero attached hydrogens (tertiary/aromatic N) is 1. The van der Waals surface area contributed by atoms with E-state index in [2.05, 4.69) is 15.3 Å². The van der Waals surface area contributed by atoms with Crippen LogP contribution >= 0.6 is 0 Å². The quantitative estimate of drug-likeness (QED) is 0.697. The van der Waals surface area contributed by atoms with Gasteiger partial charge in [-0.25, -0.2) is 9.59 Å². The Morgan fingerprint density at radius 1 is 1.45 bits per heavy atom. The van der Waals surface area contributed by atoms with Crippen LogP contribution < -0.4 is 11.0 Å². The summed E-state index contributed by atoms with van der Waals surface area (Å²) in [6.07, 6.45) is 1.67. The number of hydrogen-bond acceptors (Lipinski definition) is 4. The minimum atomic E-state index is -1.01. The molecular weight excluding hydrogens is 262 g/mol. The molecular formula is C13H17N3O4. The van der Waals surface area contributed by atoms with E-state index >= 15 is 0 Å². The summed E-state index contributed by atoms with van der Waals surface area (Å²) < 4.78 is 0. The van der Waals surface area contributed by atoms with Crippen LogP contribution in [0.3, 0.4) is 0 Å². The molecule has 1 saturated carbocycles. The van der Waals surface area contributed by atoms with Crippen molar-refractivity contribution >= 4 is 11.9 Å². The molecule has 1 aliphatic carbocycles. The Bertz CT molecular complexity index is 578. The standard InChI is InChI=1S/C13H17N3O4/c1-6-9(7(2)15-13(20)14-6)5-10(17)16-11(12(18)19)8-3-4-8/h8,11H,3-5H2,1-2H3,(H,16,17)(H,18,19)(H,14,15,20). The lowest BCUT2D eigenvalue weighted by atomic mass is 10.1. The molecule has 1 fully saturated rings. The Balaban J connectivity index is 2.08. The van der Waals surface area contributed by atoms with Crippen molar-refractivity contribution in [3.05, 3.63) is 27.4 Å². The molecule has 0 saturated heterocycles. The van der Waals surface area contributed by atoms with Crippen LogP contribution in [-0.4, -0.2) is 33.0 Å². The van der Waals surface area contributed by atoms with Crippen LogP contribution in [0.25, 0.3) is 0 Å². The Hall–Kier alpha value is -2.18. The van der Waals surface area contributed by atoms with E-state index in [4.69, 9.17) is 5.11 Å². The summed E-state index contributed by atoms with van der Waals surface area (Å²) in [4.78, 5) is 40.5. The molecule has 1 unspecified atom stereocenters. The number of carbonyl (C=O) groups is 2. The van der Waals surface area contributed by atoms with Gasteiger partial charge in [-0.2, -0.15) is 4.98 Å². The highest BCUT2D eigenvalue weighted by molar-refractivity contribution is 5.85. The Morgan fingerprint density at radius 3 is 2.60 bits per heavy atom. The van der Waals surface area contributed by atoms with Gasteiger partial charge in [0, 0.05) is 17.0 Å². The number of carboxylic acid groups (broad SMARTS) is 1. The van der Waals surface area contributed by atoms with Gasteiger partial charge in [0.15, 0.2) is 0 Å². The molecule has 20 heavy (non-hydrogen) atoms. The molecule has 1 atom stereocenters. The van der Waals surface area contributed by atoms with Gasteiger partial charge in [0.05, 0.1) is 6.42 Å². The number of carbonyl (C=O) groups excluding carboxylic acids is 1. The summed E-state index contributed by atoms with van der Waals surface area (Å²) in [5.41, 5.74) is 1.24. The van der Waals surface area contributed by atoms with Crippen LogP contribution in [0.4, 0.5) is 0 Å². The van der Waals surface area contributed by atoms with Gasteiger partial charge < -0.3 is 15.4 Å². The molecule has 0 aromatic carbocycles. The van der Waals surface area contributed by atoms with Crippen molar-refractivity contribution < 1.29 is 14.7 Å². The van der Waals surface area contributed by atoms with E-state index in [1.807, 2.05) is 0 Å². The number of carboxylic acids is 1. The molecule has 3 N–H and O–H groups in total. The molecule has 1 aromatic heterocycles. The van der Waals surface area contributed by atoms with Crippen LogP contribution in [0, 0.1) is 19.8 Å². The van der Waals surface area contributed by atoms with E-state index in [9.17, 15) is 14.4 Å². The molecule has 0 spiro atoms. The number of hydrogen-bond donors (Lipinski definition) is 3. The number of aryl methyl sites for hydroxylation is 2. The minimum Gasteiger partial charge on any atom is -0.480 e. The summed E-state index contributed by atoms with van der Waals surface area (Å²) in [5, 5.41) is 11.6. The van der Waals surface area contributed by atoms with E-state index in [1.165, 1.54) is 0 Å². The lowest BCUT2D eigenvalue weighted by Gasteiger charge is -2.14. The van der Waals surface area contributed by atoms with Gasteiger partial charge in [-0.05, 0) is 32.6 Å². The smallest absolute Gasteiger partial charge is 0.345 e. The summed E-state index contributed by atoms with van der Waals surface area (Å²) in [6, 6.07) is -0.821. The van der Waals surface area contributed by atoms with Crippen molar-refractivity contribution in [2.24, 2.45) is 5.92 Å². The van der Waals surface area contributed by atoms with Crippen molar-refractivity contribution in [3.63, 3.8) is 0 Å². The lowest BCUT2D eigenvalue weighted by molar-refractivity contribution is -0.142. The maximum absolute atomic E-state index is 12.0. The largest absolute Gasteiger partial charge is 0.480 e. The predicted octanol–water partition coefficient (Wildman–Crippen LogP) is -0.0914. The van der Waals surface area contributed by atoms with Gasteiger partial charge in [0.2, 0.25) is 5.91 Å². The predicted molar refractivity (Wildman–Crippen MR) is 70.3 cm³/mol. The van der Waals surface area contributed by atoms with Gasteiger partial charge >= 0.3 is 11.7 Å². The molecule has 0 bridgehead atoms. The first-order valence-corrected chi connectivity index (χ1v) is 6.47. The Labute approximate surface area is 115 Å². The van der Waals surface area contributed by atoms with Crippen LogP contribution in [0.5, 0.6) is 0 Å². The summed E-state index contributed by atoms with van der Waals surface area (Å²) in [6.45, 7) is 3.34. The molecule has 2 rings (SSSR count). The van der Waals surface area contributed by atoms with Gasteiger partial charge in [0.25, 0.3) is 0 Å². The van der Waals surface area contributed by atoms with E-state index in [0.717, 1.165) is 12.8 Å². The number of aromatic nitrogens is 2. The first-order chi connectivity index (χ1) is 9.38. The lowest BCUT2D eigenvalue weighted by Crippen LogP contribution is -2.43. The normalized spacial score (nSPS) is 15.7. The average molecular weight is 279 g/mol. The molecule has 7 nitrogen and oxygen atoms in total. The number of aromatic amines is 1. The van der Waals surface area contributed by atoms with Crippen LogP contribution in [0.15, 0.2) is 4.79 Å².